The molecule has 0 spiro atoms. The molecule has 1 aliphatic carbocycles. The highest BCUT2D eigenvalue weighted by Gasteiger charge is 2.25. The van der Waals surface area contributed by atoms with E-state index in [2.05, 4.69) is 13.0 Å². The molecule has 0 aliphatic heterocycles. The summed E-state index contributed by atoms with van der Waals surface area (Å²) in [6, 6.07) is 0. The largest absolute Gasteiger partial charge is 0.259 e. The summed E-state index contributed by atoms with van der Waals surface area (Å²) < 4.78 is 25.4. The minimum Gasteiger partial charge on any atom is -0.259 e. The van der Waals surface area contributed by atoms with Gasteiger partial charge in [0.15, 0.2) is 0 Å². The molecule has 2 atom stereocenters. The molecule has 0 N–H and O–H groups in total. The fourth-order valence-electron chi connectivity index (χ4n) is 2.10. The monoisotopic (exact) mass is 272 g/mol. The minimum absolute atomic E-state index is 0.0323. The molecule has 0 fully saturated rings. The van der Waals surface area contributed by atoms with E-state index in [-0.39, 0.29) is 16.5 Å². The van der Waals surface area contributed by atoms with Crippen molar-refractivity contribution in [2.75, 3.05) is 5.75 Å². The van der Waals surface area contributed by atoms with Gasteiger partial charge in [0.2, 0.25) is 0 Å². The van der Waals surface area contributed by atoms with E-state index in [0.717, 1.165) is 24.8 Å². The number of halogens is 1. The first-order valence-corrected chi connectivity index (χ1v) is 8.11. The zero-order valence-corrected chi connectivity index (χ0v) is 12.8. The van der Waals surface area contributed by atoms with Gasteiger partial charge in [-0.1, -0.05) is 19.4 Å². The Morgan fingerprint density at radius 1 is 1.44 bits per heavy atom. The minimum atomic E-state index is -0.874. The molecule has 1 aliphatic rings. The van der Waals surface area contributed by atoms with Crippen molar-refractivity contribution in [2.24, 2.45) is 5.92 Å². The Labute approximate surface area is 113 Å². The maximum Gasteiger partial charge on any atom is 0.100 e. The zero-order chi connectivity index (χ0) is 13.8. The lowest BCUT2D eigenvalue weighted by atomic mass is 9.91. The van der Waals surface area contributed by atoms with E-state index < -0.39 is 10.8 Å². The van der Waals surface area contributed by atoms with Gasteiger partial charge in [0.1, 0.15) is 5.83 Å². The fraction of sp³-hybridized carbons (Fsp3) is 0.733. The van der Waals surface area contributed by atoms with Gasteiger partial charge in [-0.05, 0) is 51.2 Å². The van der Waals surface area contributed by atoms with Gasteiger partial charge in [-0.25, -0.2) is 4.39 Å². The Kier molecular flexibility index (Phi) is 5.77. The van der Waals surface area contributed by atoms with Gasteiger partial charge >= 0.3 is 0 Å². The van der Waals surface area contributed by atoms with Gasteiger partial charge in [0.05, 0.1) is 0 Å². The molecule has 1 rings (SSSR count). The number of hydrogen-bond donors (Lipinski definition) is 0. The van der Waals surface area contributed by atoms with Gasteiger partial charge in [0.25, 0.3) is 0 Å². The summed E-state index contributed by atoms with van der Waals surface area (Å²) in [4.78, 5) is 0. The van der Waals surface area contributed by atoms with E-state index in [1.54, 1.807) is 6.08 Å². The van der Waals surface area contributed by atoms with Gasteiger partial charge in [-0.15, -0.1) is 0 Å². The van der Waals surface area contributed by atoms with Crippen LogP contribution >= 0.6 is 0 Å². The van der Waals surface area contributed by atoms with Crippen LogP contribution in [0, 0.1) is 5.92 Å². The second-order valence-corrected chi connectivity index (χ2v) is 8.19. The highest BCUT2D eigenvalue weighted by atomic mass is 32.2. The summed E-state index contributed by atoms with van der Waals surface area (Å²) in [6.07, 6.45) is 7.09. The average Bonchev–Trinajstić information content (AvgIpc) is 2.27. The molecule has 18 heavy (non-hydrogen) atoms. The summed E-state index contributed by atoms with van der Waals surface area (Å²) in [5.41, 5.74) is 1.05. The number of hydrogen-bond acceptors (Lipinski definition) is 1. The van der Waals surface area contributed by atoms with Crippen molar-refractivity contribution < 1.29 is 8.60 Å². The molecule has 0 heterocycles. The van der Waals surface area contributed by atoms with E-state index in [9.17, 15) is 8.60 Å². The van der Waals surface area contributed by atoms with Crippen LogP contribution in [0.5, 0.6) is 0 Å². The van der Waals surface area contributed by atoms with Crippen molar-refractivity contribution in [3.05, 3.63) is 23.6 Å². The predicted molar refractivity (Wildman–Crippen MR) is 77.7 cm³/mol. The molecule has 0 aromatic rings. The second-order valence-electron chi connectivity index (χ2n) is 5.94. The van der Waals surface area contributed by atoms with E-state index in [0.29, 0.717) is 12.2 Å². The zero-order valence-electron chi connectivity index (χ0n) is 12.0. The predicted octanol–water partition coefficient (Wildman–Crippen LogP) is 4.52. The Morgan fingerprint density at radius 2 is 2.11 bits per heavy atom. The van der Waals surface area contributed by atoms with E-state index in [4.69, 9.17) is 0 Å². The van der Waals surface area contributed by atoms with Crippen molar-refractivity contribution in [3.8, 4) is 0 Å². The molecular weight excluding hydrogens is 247 g/mol. The SMILES string of the molecule is CCCC(C[S@@](=O)C(C)(C)C)C1=CCCC(F)=C1. The second kappa shape index (κ2) is 6.65. The Hall–Kier alpha value is -0.440. The highest BCUT2D eigenvalue weighted by molar-refractivity contribution is 7.86. The van der Waals surface area contributed by atoms with Crippen LogP contribution in [0.3, 0.4) is 0 Å². The number of allylic oxidation sites excluding steroid dienone is 4. The van der Waals surface area contributed by atoms with E-state index in [1.165, 1.54) is 0 Å². The lowest BCUT2D eigenvalue weighted by molar-refractivity contribution is 0.556. The molecule has 0 saturated carbocycles. The molecule has 0 aromatic heterocycles. The standard InChI is InChI=1S/C15H25FOS/c1-5-7-13(11-18(17)15(2,3)4)12-8-6-9-14(16)10-12/h8,10,13H,5-7,9,11H2,1-4H3/t13?,18-/m1/s1. The first-order valence-electron chi connectivity index (χ1n) is 6.79. The van der Waals surface area contributed by atoms with Crippen LogP contribution in [0.1, 0.15) is 53.4 Å². The van der Waals surface area contributed by atoms with Gasteiger partial charge in [-0.3, -0.25) is 4.21 Å². The van der Waals surface area contributed by atoms with Gasteiger partial charge in [0, 0.05) is 27.7 Å². The fourth-order valence-corrected chi connectivity index (χ4v) is 3.33. The third-order valence-electron chi connectivity index (χ3n) is 3.23. The third-order valence-corrected chi connectivity index (χ3v) is 5.30. The summed E-state index contributed by atoms with van der Waals surface area (Å²) in [7, 11) is -0.874. The molecule has 3 heteroatoms. The van der Waals surface area contributed by atoms with Crippen LogP contribution in [0.2, 0.25) is 0 Å². The van der Waals surface area contributed by atoms with Crippen LogP contribution in [0.25, 0.3) is 0 Å². The highest BCUT2D eigenvalue weighted by Crippen LogP contribution is 2.29. The Morgan fingerprint density at radius 3 is 2.61 bits per heavy atom. The van der Waals surface area contributed by atoms with Crippen LogP contribution < -0.4 is 0 Å². The van der Waals surface area contributed by atoms with Crippen LogP contribution in [0.15, 0.2) is 23.6 Å². The van der Waals surface area contributed by atoms with Crippen molar-refractivity contribution in [2.45, 2.75) is 58.1 Å². The maximum absolute atomic E-state index is 13.4. The smallest absolute Gasteiger partial charge is 0.100 e. The quantitative estimate of drug-likeness (QED) is 0.719. The molecular formula is C15H25FOS. The van der Waals surface area contributed by atoms with Crippen LogP contribution in [0.4, 0.5) is 4.39 Å². The molecule has 104 valence electrons. The van der Waals surface area contributed by atoms with Crippen molar-refractivity contribution in [1.82, 2.24) is 0 Å². The number of rotatable bonds is 5. The summed E-state index contributed by atoms with van der Waals surface area (Å²) in [5.74, 6) is 0.851. The summed E-state index contributed by atoms with van der Waals surface area (Å²) in [6.45, 7) is 8.11. The lowest BCUT2D eigenvalue weighted by Crippen LogP contribution is -2.28. The Bertz CT molecular complexity index is 363. The molecule has 0 bridgehead atoms. The van der Waals surface area contributed by atoms with Crippen molar-refractivity contribution >= 4 is 10.8 Å². The molecule has 1 unspecified atom stereocenters. The molecule has 0 radical (unpaired) electrons. The maximum atomic E-state index is 13.4. The summed E-state index contributed by atoms with van der Waals surface area (Å²) in [5, 5.41) is 0. The Balaban J connectivity index is 2.78. The molecule has 0 saturated heterocycles. The topological polar surface area (TPSA) is 17.1 Å². The van der Waals surface area contributed by atoms with E-state index >= 15 is 0 Å². The third kappa shape index (κ3) is 4.68. The first-order chi connectivity index (χ1) is 8.34. The summed E-state index contributed by atoms with van der Waals surface area (Å²) >= 11 is 0. The van der Waals surface area contributed by atoms with Gasteiger partial charge < -0.3 is 0 Å². The average molecular weight is 272 g/mol. The molecule has 0 amide bonds. The van der Waals surface area contributed by atoms with Crippen molar-refractivity contribution in [1.29, 1.82) is 0 Å². The van der Waals surface area contributed by atoms with E-state index in [1.807, 2.05) is 20.8 Å². The lowest BCUT2D eigenvalue weighted by Gasteiger charge is -2.24. The van der Waals surface area contributed by atoms with Gasteiger partial charge in [-0.2, -0.15) is 0 Å². The van der Waals surface area contributed by atoms with Crippen molar-refractivity contribution in [3.63, 3.8) is 0 Å². The first kappa shape index (κ1) is 15.6. The molecule has 0 aromatic carbocycles. The van der Waals surface area contributed by atoms with Crippen LogP contribution in [-0.2, 0) is 10.8 Å². The van der Waals surface area contributed by atoms with Crippen LogP contribution in [-0.4, -0.2) is 14.7 Å². The molecule has 1 nitrogen and oxygen atoms in total. The normalized spacial score (nSPS) is 20.1.